The van der Waals surface area contributed by atoms with Crippen LogP contribution in [0.4, 0.5) is 0 Å². The van der Waals surface area contributed by atoms with Gasteiger partial charge >= 0.3 is 0 Å². The molecule has 6 nitrogen and oxygen atoms in total. The van der Waals surface area contributed by atoms with Crippen LogP contribution in [0.25, 0.3) is 27.8 Å². The molecule has 0 unspecified atom stereocenters. The fourth-order valence-corrected chi connectivity index (χ4v) is 6.15. The number of nitrogens with zero attached hydrogens (tertiary/aromatic N) is 1. The van der Waals surface area contributed by atoms with Crippen LogP contribution < -0.4 is 5.14 Å². The molecule has 2 aromatic carbocycles. The van der Waals surface area contributed by atoms with Crippen molar-refractivity contribution in [1.29, 1.82) is 0 Å². The fourth-order valence-electron chi connectivity index (χ4n) is 4.87. The summed E-state index contributed by atoms with van der Waals surface area (Å²) in [5.41, 5.74) is 5.73. The van der Waals surface area contributed by atoms with E-state index in [1.165, 1.54) is 10.9 Å². The summed E-state index contributed by atoms with van der Waals surface area (Å²) < 4.78 is 31.9. The van der Waals surface area contributed by atoms with Gasteiger partial charge in [-0.15, -0.1) is 11.6 Å². The van der Waals surface area contributed by atoms with Crippen molar-refractivity contribution in [3.05, 3.63) is 47.5 Å². The maximum absolute atomic E-state index is 12.6. The molecule has 2 aliphatic heterocycles. The summed E-state index contributed by atoms with van der Waals surface area (Å²) in [6.45, 7) is 8.00. The predicted octanol–water partition coefficient (Wildman–Crippen LogP) is 5.79. The smallest absolute Gasteiger partial charge is 0.293 e. The van der Waals surface area contributed by atoms with Gasteiger partial charge in [-0.05, 0) is 76.5 Å². The van der Waals surface area contributed by atoms with E-state index in [2.05, 4.69) is 28.4 Å². The lowest BCUT2D eigenvalue weighted by Crippen LogP contribution is -2.20. The zero-order valence-electron chi connectivity index (χ0n) is 20.0. The number of primary sulfonamides is 1. The van der Waals surface area contributed by atoms with Gasteiger partial charge in [0.25, 0.3) is 6.47 Å². The van der Waals surface area contributed by atoms with Gasteiger partial charge in [0.2, 0.25) is 10.0 Å². The van der Waals surface area contributed by atoms with Crippen molar-refractivity contribution in [3.8, 4) is 16.9 Å². The third kappa shape index (κ3) is 4.74. The number of ether oxygens (including phenoxy) is 1. The third-order valence-electron chi connectivity index (χ3n) is 6.43. The summed E-state index contributed by atoms with van der Waals surface area (Å²) in [6, 6.07) is 11.9. The molecule has 1 saturated carbocycles. The highest BCUT2D eigenvalue weighted by molar-refractivity contribution is 7.89. The number of fused-ring (bicyclic) bond motifs is 4. The highest BCUT2D eigenvalue weighted by atomic mass is 35.5. The lowest BCUT2D eigenvalue weighted by Gasteiger charge is -2.27. The predicted molar refractivity (Wildman–Crippen MR) is 136 cm³/mol. The van der Waals surface area contributed by atoms with Crippen molar-refractivity contribution in [2.24, 2.45) is 5.14 Å². The molecule has 0 amide bonds. The first kappa shape index (κ1) is 24.8. The van der Waals surface area contributed by atoms with Crippen LogP contribution in [-0.2, 0) is 19.6 Å². The molecule has 5 rings (SSSR count). The van der Waals surface area contributed by atoms with Crippen LogP contribution in [0.1, 0.15) is 63.5 Å². The summed E-state index contributed by atoms with van der Waals surface area (Å²) in [5, 5.41) is 7.12. The minimum atomic E-state index is -3.84. The average Bonchev–Trinajstić information content (AvgIpc) is 3.38. The van der Waals surface area contributed by atoms with Gasteiger partial charge in [-0.25, -0.2) is 13.6 Å². The lowest BCUT2D eigenvalue weighted by atomic mass is 9.83. The van der Waals surface area contributed by atoms with E-state index in [9.17, 15) is 13.2 Å². The second-order valence-corrected chi connectivity index (χ2v) is 12.2. The third-order valence-corrected chi connectivity index (χ3v) is 7.89. The van der Waals surface area contributed by atoms with Crippen LogP contribution in [0, 0.1) is 6.92 Å². The summed E-state index contributed by atoms with van der Waals surface area (Å²) in [5.74, 6) is 0.189. The van der Waals surface area contributed by atoms with Gasteiger partial charge in [-0.2, -0.15) is 0 Å². The highest BCUT2D eigenvalue weighted by Crippen LogP contribution is 2.54. The Balaban J connectivity index is 0.000000344. The number of halogens is 1. The van der Waals surface area contributed by atoms with Crippen LogP contribution in [0.15, 0.2) is 41.3 Å². The second kappa shape index (κ2) is 9.02. The van der Waals surface area contributed by atoms with E-state index in [0.29, 0.717) is 11.4 Å². The van der Waals surface area contributed by atoms with Gasteiger partial charge in [-0.1, -0.05) is 30.3 Å². The molecule has 0 spiro atoms. The van der Waals surface area contributed by atoms with Crippen molar-refractivity contribution in [3.63, 3.8) is 0 Å². The number of hydrogen-bond donors (Lipinski definition) is 1. The molecule has 2 aromatic rings. The Kier molecular flexibility index (Phi) is 6.57. The summed E-state index contributed by atoms with van der Waals surface area (Å²) in [7, 11) is -3.84. The molecular formula is C26H31ClN2O4S. The summed E-state index contributed by atoms with van der Waals surface area (Å²) in [4.78, 5) is 9.89. The summed E-state index contributed by atoms with van der Waals surface area (Å²) in [6.07, 6.45) is 3.61. The van der Waals surface area contributed by atoms with Gasteiger partial charge in [0.1, 0.15) is 5.60 Å². The van der Waals surface area contributed by atoms with Gasteiger partial charge < -0.3 is 9.30 Å². The number of sulfonamides is 1. The van der Waals surface area contributed by atoms with E-state index in [1.54, 1.807) is 0 Å². The Morgan fingerprint density at radius 3 is 2.26 bits per heavy atom. The number of benzene rings is 2. The van der Waals surface area contributed by atoms with Gasteiger partial charge in [-0.3, -0.25) is 4.79 Å². The van der Waals surface area contributed by atoms with Crippen molar-refractivity contribution < 1.29 is 17.9 Å². The number of aromatic nitrogens is 1. The van der Waals surface area contributed by atoms with Gasteiger partial charge in [0.05, 0.1) is 21.8 Å². The monoisotopic (exact) mass is 502 g/mol. The standard InChI is InChI=1S/C21H21ClN2O2S.C5H10O2/c1-12-4-2-7-17-18(12)20-19(24(17)20)16-6-3-5-15(21(16)27(23,25)26)13-8-10-14(22)11-9-13;1-5(2,3)7-4-6/h2-7,13-14H,8-11H2,1H3,(H2,23,25,26);4H,1-3H3. The first-order valence-electron chi connectivity index (χ1n) is 11.5. The van der Waals surface area contributed by atoms with E-state index in [1.807, 2.05) is 45.0 Å². The molecule has 0 bridgehead atoms. The largest absolute Gasteiger partial charge is 0.462 e. The molecule has 8 heteroatoms. The van der Waals surface area contributed by atoms with Crippen LogP contribution >= 0.6 is 11.6 Å². The van der Waals surface area contributed by atoms with E-state index < -0.39 is 10.0 Å². The van der Waals surface area contributed by atoms with Crippen molar-refractivity contribution in [1.82, 2.24) is 4.57 Å². The molecule has 2 N–H and O–H groups in total. The van der Waals surface area contributed by atoms with Crippen LogP contribution in [0.2, 0.25) is 0 Å². The molecule has 0 atom stereocenters. The Morgan fingerprint density at radius 1 is 1.09 bits per heavy atom. The normalized spacial score (nSPS) is 19.4. The number of carbonyl (C=O) groups is 1. The van der Waals surface area contributed by atoms with E-state index in [0.717, 1.165) is 53.7 Å². The second-order valence-electron chi connectivity index (χ2n) is 10.0. The van der Waals surface area contributed by atoms with Crippen LogP contribution in [0.5, 0.6) is 0 Å². The molecule has 0 saturated heterocycles. The average molecular weight is 503 g/mol. The van der Waals surface area contributed by atoms with Crippen LogP contribution in [0.3, 0.4) is 0 Å². The molecule has 2 heterocycles. The molecule has 1 fully saturated rings. The lowest BCUT2D eigenvalue weighted by molar-refractivity contribution is -0.138. The van der Waals surface area contributed by atoms with Crippen LogP contribution in [-0.4, -0.2) is 30.4 Å². The first-order chi connectivity index (χ1) is 15.9. The molecule has 0 aromatic heterocycles. The van der Waals surface area contributed by atoms with Gasteiger partial charge in [0, 0.05) is 16.3 Å². The SMILES string of the molecule is CC(C)(C)OC=O.Cc1cccc2c1c1c(-c3cccc(C4CCC(Cl)CC4)c3S(N)(=O)=O)n2-1. The van der Waals surface area contributed by atoms with Crippen molar-refractivity contribution >= 4 is 39.0 Å². The maximum Gasteiger partial charge on any atom is 0.293 e. The number of alkyl halides is 1. The zero-order chi connectivity index (χ0) is 24.8. The number of carbonyl (C=O) groups excluding carboxylic acids is 1. The maximum atomic E-state index is 12.6. The zero-order valence-corrected chi connectivity index (χ0v) is 21.5. The van der Waals surface area contributed by atoms with Crippen molar-refractivity contribution in [2.45, 2.75) is 75.2 Å². The molecule has 0 radical (unpaired) electrons. The highest BCUT2D eigenvalue weighted by Gasteiger charge is 2.38. The Hall–Kier alpha value is -2.35. The van der Waals surface area contributed by atoms with Gasteiger partial charge in [0.15, 0.2) is 0 Å². The number of aryl methyl sites for hydroxylation is 1. The minimum Gasteiger partial charge on any atom is -0.462 e. The first-order valence-corrected chi connectivity index (χ1v) is 13.5. The Morgan fingerprint density at radius 2 is 1.74 bits per heavy atom. The number of nitrogens with two attached hydrogens (primary N) is 1. The molecular weight excluding hydrogens is 472 g/mol. The van der Waals surface area contributed by atoms with E-state index in [4.69, 9.17) is 16.7 Å². The Labute approximate surface area is 206 Å². The molecule has 3 aliphatic rings. The summed E-state index contributed by atoms with van der Waals surface area (Å²) >= 11 is 6.25. The van der Waals surface area contributed by atoms with E-state index >= 15 is 0 Å². The fraction of sp³-hybridized carbons (Fsp3) is 0.423. The number of rotatable bonds is 4. The van der Waals surface area contributed by atoms with Crippen molar-refractivity contribution in [2.75, 3.05) is 0 Å². The molecule has 34 heavy (non-hydrogen) atoms. The molecule has 1 aliphatic carbocycles. The minimum absolute atomic E-state index is 0.189. The Bertz CT molecular complexity index is 1350. The number of hydrogen-bond acceptors (Lipinski definition) is 4. The van der Waals surface area contributed by atoms with E-state index in [-0.39, 0.29) is 16.9 Å². The molecule has 182 valence electrons. The quantitative estimate of drug-likeness (QED) is 0.282. The topological polar surface area (TPSA) is 91.4 Å².